The number of carbonyl (C=O) groups excluding carboxylic acids is 1. The van der Waals surface area contributed by atoms with E-state index in [-0.39, 0.29) is 5.78 Å². The van der Waals surface area contributed by atoms with Crippen molar-refractivity contribution >= 4 is 17.4 Å². The van der Waals surface area contributed by atoms with Gasteiger partial charge >= 0.3 is 0 Å². The molecule has 0 aliphatic heterocycles. The van der Waals surface area contributed by atoms with Gasteiger partial charge in [-0.1, -0.05) is 60.7 Å². The minimum atomic E-state index is 0.0138. The second-order valence-electron chi connectivity index (χ2n) is 4.15. The minimum Gasteiger partial charge on any atom is -0.289 e. The van der Waals surface area contributed by atoms with Crippen molar-refractivity contribution in [3.63, 3.8) is 0 Å². The Morgan fingerprint density at radius 2 is 1.79 bits per heavy atom. The van der Waals surface area contributed by atoms with Crippen LogP contribution >= 0.6 is 11.6 Å². The molecule has 1 aromatic carbocycles. The van der Waals surface area contributed by atoms with E-state index >= 15 is 0 Å². The number of hydrogen-bond acceptors (Lipinski definition) is 1. The Labute approximate surface area is 119 Å². The van der Waals surface area contributed by atoms with Crippen LogP contribution in [0.15, 0.2) is 77.4 Å². The smallest absolute Gasteiger partial charge is 0.188 e. The Bertz CT molecular complexity index is 544. The van der Waals surface area contributed by atoms with Crippen LogP contribution in [-0.2, 0) is 0 Å². The van der Waals surface area contributed by atoms with Gasteiger partial charge in [0, 0.05) is 10.6 Å². The van der Waals surface area contributed by atoms with E-state index in [1.165, 1.54) is 0 Å². The van der Waals surface area contributed by atoms with Gasteiger partial charge in [0.1, 0.15) is 0 Å². The zero-order valence-electron chi connectivity index (χ0n) is 11.2. The van der Waals surface area contributed by atoms with Crippen molar-refractivity contribution < 1.29 is 4.79 Å². The van der Waals surface area contributed by atoms with E-state index < -0.39 is 0 Å². The highest BCUT2D eigenvalue weighted by Gasteiger charge is 2.06. The summed E-state index contributed by atoms with van der Waals surface area (Å²) < 4.78 is 0. The highest BCUT2D eigenvalue weighted by atomic mass is 35.5. The quantitative estimate of drug-likeness (QED) is 0.415. The summed E-state index contributed by atoms with van der Waals surface area (Å²) in [6.07, 6.45) is 7.10. The van der Waals surface area contributed by atoms with Crippen molar-refractivity contribution in [3.05, 3.63) is 83.0 Å². The minimum absolute atomic E-state index is 0.0138. The molecule has 19 heavy (non-hydrogen) atoms. The van der Waals surface area contributed by atoms with Crippen molar-refractivity contribution in [2.45, 2.75) is 13.8 Å². The Morgan fingerprint density at radius 1 is 1.16 bits per heavy atom. The molecule has 0 spiro atoms. The van der Waals surface area contributed by atoms with E-state index in [2.05, 4.69) is 6.58 Å². The van der Waals surface area contributed by atoms with Crippen molar-refractivity contribution in [1.29, 1.82) is 0 Å². The van der Waals surface area contributed by atoms with Crippen molar-refractivity contribution in [1.82, 2.24) is 0 Å². The van der Waals surface area contributed by atoms with Crippen LogP contribution in [0.4, 0.5) is 0 Å². The summed E-state index contributed by atoms with van der Waals surface area (Å²) in [4.78, 5) is 12.2. The fourth-order valence-corrected chi connectivity index (χ4v) is 1.58. The third-order valence-corrected chi connectivity index (χ3v) is 2.64. The highest BCUT2D eigenvalue weighted by Crippen LogP contribution is 2.12. The summed E-state index contributed by atoms with van der Waals surface area (Å²) in [5, 5.41) is 0.680. The average Bonchev–Trinajstić information content (AvgIpc) is 2.43. The first kappa shape index (κ1) is 15.2. The van der Waals surface area contributed by atoms with Gasteiger partial charge in [-0.25, -0.2) is 0 Å². The summed E-state index contributed by atoms with van der Waals surface area (Å²) in [5.74, 6) is 0.0138. The number of Topliss-reactive ketones (excluding diaryl/α,β-unsaturated/α-hetero) is 1. The number of allylic oxidation sites excluding steroid dienone is 7. The molecule has 0 saturated carbocycles. The van der Waals surface area contributed by atoms with Gasteiger partial charge in [-0.05, 0) is 37.1 Å². The van der Waals surface area contributed by atoms with Gasteiger partial charge in [0.2, 0.25) is 0 Å². The predicted octanol–water partition coefficient (Wildman–Crippen LogP) is 5.07. The second kappa shape index (κ2) is 7.55. The molecule has 0 unspecified atom stereocenters. The third-order valence-electron chi connectivity index (χ3n) is 2.52. The lowest BCUT2D eigenvalue weighted by atomic mass is 10.0. The van der Waals surface area contributed by atoms with Gasteiger partial charge in [-0.3, -0.25) is 4.79 Å². The first-order chi connectivity index (χ1) is 9.04. The van der Waals surface area contributed by atoms with Gasteiger partial charge < -0.3 is 0 Å². The molecule has 0 amide bonds. The molecule has 1 nitrogen and oxygen atoms in total. The summed E-state index contributed by atoms with van der Waals surface area (Å²) in [7, 11) is 0. The molecule has 0 N–H and O–H groups in total. The monoisotopic (exact) mass is 272 g/mol. The van der Waals surface area contributed by atoms with Crippen LogP contribution in [0.3, 0.4) is 0 Å². The molecule has 0 atom stereocenters. The van der Waals surface area contributed by atoms with Crippen LogP contribution < -0.4 is 0 Å². The van der Waals surface area contributed by atoms with Gasteiger partial charge in [-0.2, -0.15) is 0 Å². The lowest BCUT2D eigenvalue weighted by molar-refractivity contribution is 0.103. The number of halogens is 1. The van der Waals surface area contributed by atoms with Crippen LogP contribution in [-0.4, -0.2) is 5.78 Å². The van der Waals surface area contributed by atoms with Crippen molar-refractivity contribution in [3.8, 4) is 0 Å². The largest absolute Gasteiger partial charge is 0.289 e. The number of hydrogen-bond donors (Lipinski definition) is 0. The summed E-state index contributed by atoms with van der Waals surface area (Å²) >= 11 is 5.77. The maximum Gasteiger partial charge on any atom is 0.188 e. The fraction of sp³-hybridized carbons (Fsp3) is 0.118. The summed E-state index contributed by atoms with van der Waals surface area (Å²) in [6, 6.07) is 9.20. The normalized spacial score (nSPS) is 13.3. The first-order valence-corrected chi connectivity index (χ1v) is 6.37. The van der Waals surface area contributed by atoms with E-state index in [0.29, 0.717) is 16.2 Å². The Hall–Kier alpha value is -1.86. The molecule has 0 bridgehead atoms. The van der Waals surface area contributed by atoms with Crippen LogP contribution in [0.1, 0.15) is 24.2 Å². The summed E-state index contributed by atoms with van der Waals surface area (Å²) in [5.41, 5.74) is 2.20. The molecular formula is C17H17ClO. The molecule has 0 radical (unpaired) electrons. The number of ketones is 1. The van der Waals surface area contributed by atoms with E-state index in [1.807, 2.05) is 24.3 Å². The fourth-order valence-electron chi connectivity index (χ4n) is 1.52. The molecule has 0 saturated heterocycles. The maximum atomic E-state index is 12.2. The molecule has 0 aliphatic rings. The zero-order valence-corrected chi connectivity index (χ0v) is 11.9. The van der Waals surface area contributed by atoms with E-state index in [0.717, 1.165) is 5.57 Å². The van der Waals surface area contributed by atoms with Gasteiger partial charge in [0.15, 0.2) is 5.78 Å². The molecule has 1 rings (SSSR count). The third kappa shape index (κ3) is 5.11. The van der Waals surface area contributed by atoms with E-state index in [1.54, 1.807) is 44.2 Å². The van der Waals surface area contributed by atoms with Crippen LogP contribution in [0.5, 0.6) is 0 Å². The second-order valence-corrected chi connectivity index (χ2v) is 4.74. The molecule has 1 aromatic rings. The highest BCUT2D eigenvalue weighted by molar-refractivity contribution is 6.29. The summed E-state index contributed by atoms with van der Waals surface area (Å²) in [6.45, 7) is 7.32. The first-order valence-electron chi connectivity index (χ1n) is 5.99. The molecule has 0 aromatic heterocycles. The average molecular weight is 273 g/mol. The lowest BCUT2D eigenvalue weighted by Crippen LogP contribution is -2.00. The molecule has 0 aliphatic carbocycles. The Kier molecular flexibility index (Phi) is 6.04. The van der Waals surface area contributed by atoms with Crippen LogP contribution in [0, 0.1) is 0 Å². The van der Waals surface area contributed by atoms with Gasteiger partial charge in [-0.15, -0.1) is 0 Å². The van der Waals surface area contributed by atoms with Crippen molar-refractivity contribution in [2.24, 2.45) is 0 Å². The number of carbonyl (C=O) groups is 1. The van der Waals surface area contributed by atoms with E-state index in [9.17, 15) is 4.79 Å². The van der Waals surface area contributed by atoms with Crippen LogP contribution in [0.2, 0.25) is 0 Å². The SMILES string of the molecule is C=CC(=C\C=C(/C)Cl)/C=C(\C)C(=O)c1ccccc1. The predicted molar refractivity (Wildman–Crippen MR) is 82.4 cm³/mol. The molecule has 0 heterocycles. The van der Waals surface area contributed by atoms with Crippen molar-refractivity contribution in [2.75, 3.05) is 0 Å². The standard InChI is InChI=1S/C17H17ClO/c1-4-15(11-10-14(3)18)12-13(2)17(19)16-8-6-5-7-9-16/h4-12H,1H2,2-3H3/b13-12+,14-10+,15-11+. The Morgan fingerprint density at radius 3 is 2.32 bits per heavy atom. The van der Waals surface area contributed by atoms with Gasteiger partial charge in [0.05, 0.1) is 0 Å². The topological polar surface area (TPSA) is 17.1 Å². The van der Waals surface area contributed by atoms with E-state index in [4.69, 9.17) is 11.6 Å². The van der Waals surface area contributed by atoms with Gasteiger partial charge in [0.25, 0.3) is 0 Å². The molecule has 98 valence electrons. The zero-order chi connectivity index (χ0) is 14.3. The molecule has 2 heteroatoms. The maximum absolute atomic E-state index is 12.2. The number of benzene rings is 1. The van der Waals surface area contributed by atoms with Crippen LogP contribution in [0.25, 0.3) is 0 Å². The lowest BCUT2D eigenvalue weighted by Gasteiger charge is -2.01. The molecular weight excluding hydrogens is 256 g/mol. The Balaban J connectivity index is 2.98. The number of rotatable bonds is 5. The molecule has 0 fully saturated rings.